The first-order valence-electron chi connectivity index (χ1n) is 19.8. The van der Waals surface area contributed by atoms with Crippen molar-refractivity contribution in [2.75, 3.05) is 17.3 Å². The Bertz CT molecular complexity index is 3260. The number of aromatic nitrogens is 9. The van der Waals surface area contributed by atoms with Crippen LogP contribution >= 0.6 is 0 Å². The topological polar surface area (TPSA) is 222 Å². The van der Waals surface area contributed by atoms with Crippen molar-refractivity contribution in [1.29, 1.82) is 0 Å². The number of nitrogens with zero attached hydrogens (tertiary/aromatic N) is 9. The summed E-state index contributed by atoms with van der Waals surface area (Å²) in [5.74, 6) is 12.8. The van der Waals surface area contributed by atoms with Crippen LogP contribution in [0.2, 0.25) is 0 Å². The number of terminal acetylenes is 6. The quantitative estimate of drug-likeness (QED) is 0.0886. The van der Waals surface area contributed by atoms with E-state index in [-0.39, 0.29) is 36.9 Å². The maximum atomic E-state index is 13.0. The fraction of sp³-hybridized carbons (Fsp3) is 0.125. The van der Waals surface area contributed by atoms with Crippen molar-refractivity contribution in [3.63, 3.8) is 0 Å². The van der Waals surface area contributed by atoms with E-state index in [4.69, 9.17) is 51.1 Å². The molecule has 342 valence electrons. The van der Waals surface area contributed by atoms with Gasteiger partial charge in [-0.3, -0.25) is 14.0 Å². The molecule has 0 aliphatic heterocycles. The van der Waals surface area contributed by atoms with Crippen LogP contribution in [0.15, 0.2) is 91.4 Å². The van der Waals surface area contributed by atoms with Crippen LogP contribution in [0.1, 0.15) is 33.4 Å². The molecule has 0 saturated heterocycles. The van der Waals surface area contributed by atoms with Gasteiger partial charge in [-0.2, -0.15) is 25.3 Å². The van der Waals surface area contributed by atoms with E-state index in [1.165, 1.54) is 87.2 Å². The van der Waals surface area contributed by atoms with Crippen molar-refractivity contribution >= 4 is 30.4 Å². The summed E-state index contributed by atoms with van der Waals surface area (Å²) in [6, 6.07) is 17.9. The molecule has 0 spiro atoms. The molecular formula is C48H33N9O9S3. The Morgan fingerprint density at radius 2 is 0.609 bits per heavy atom. The molecule has 21 heteroatoms. The Kier molecular flexibility index (Phi) is 14.0. The molecule has 0 radical (unpaired) electrons. The van der Waals surface area contributed by atoms with Gasteiger partial charge in [0.05, 0.1) is 38.2 Å². The van der Waals surface area contributed by atoms with Gasteiger partial charge < -0.3 is 12.5 Å². The van der Waals surface area contributed by atoms with Crippen molar-refractivity contribution in [3.05, 3.63) is 125 Å². The lowest BCUT2D eigenvalue weighted by molar-refractivity contribution is 0.476. The third-order valence-electron chi connectivity index (χ3n) is 9.54. The first-order valence-corrected chi connectivity index (χ1v) is 24.6. The lowest BCUT2D eigenvalue weighted by atomic mass is 10.0. The smallest absolute Gasteiger partial charge is 0.311 e. The van der Waals surface area contributed by atoms with E-state index in [9.17, 15) is 25.3 Å². The van der Waals surface area contributed by atoms with E-state index in [2.05, 4.69) is 66.5 Å². The molecule has 0 unspecified atom stereocenters. The largest absolute Gasteiger partial charge is 0.382 e. The van der Waals surface area contributed by atoms with E-state index in [1.807, 2.05) is 0 Å². The SMILES string of the molecule is C#Cc1cc(C#C)cc(OS(=O)(=O)CCn2cc(-c3cc(-c4cn(CCS(=O)(=O)Oc5cc(C#C)cc(C#C)c5)nn4)cc(-c4cn(CCS(=O)(=O)Oc5cc(C#C)cc(C#C)c5)nn4)c3)nn2)c1. The Labute approximate surface area is 398 Å². The highest BCUT2D eigenvalue weighted by Crippen LogP contribution is 2.31. The fourth-order valence-corrected chi connectivity index (χ4v) is 8.96. The van der Waals surface area contributed by atoms with Gasteiger partial charge in [-0.15, -0.1) is 53.8 Å². The van der Waals surface area contributed by atoms with Gasteiger partial charge >= 0.3 is 30.4 Å². The van der Waals surface area contributed by atoms with Crippen molar-refractivity contribution < 1.29 is 37.8 Å². The standard InChI is InChI=1S/C48H33N9O9S3/c1-7-34-19-35(8-2)23-43(22-34)64-67(58,59)16-13-55-31-46(49-52-55)40-28-41(47-32-56(53-50-47)14-17-68(60,61)65-44-24-36(9-3)20-37(10-4)25-44)30-42(29-40)48-33-57(54-51-48)15-18-69(62,63)66-45-26-38(11-5)21-39(12-6)27-45/h1-6,19-33H,13-18H2. The van der Waals surface area contributed by atoms with Gasteiger partial charge in [0.2, 0.25) is 0 Å². The number of benzene rings is 4. The third kappa shape index (κ3) is 12.6. The molecule has 0 atom stereocenters. The van der Waals surface area contributed by atoms with E-state index in [1.54, 1.807) is 18.2 Å². The molecule has 0 fully saturated rings. The Hall–Kier alpha value is -9.09. The summed E-state index contributed by atoms with van der Waals surface area (Å²) in [7, 11) is -12.5. The maximum Gasteiger partial charge on any atom is 0.311 e. The summed E-state index contributed by atoms with van der Waals surface area (Å²) in [5.41, 5.74) is 4.30. The predicted octanol–water partition coefficient (Wildman–Crippen LogP) is 3.58. The number of aryl methyl sites for hydroxylation is 3. The van der Waals surface area contributed by atoms with Crippen LogP contribution in [0.3, 0.4) is 0 Å². The summed E-state index contributed by atoms with van der Waals surface area (Å²) < 4.78 is 97.7. The monoisotopic (exact) mass is 975 g/mol. The van der Waals surface area contributed by atoms with E-state index < -0.39 is 47.6 Å². The molecule has 69 heavy (non-hydrogen) atoms. The van der Waals surface area contributed by atoms with Gasteiger partial charge in [-0.05, 0) is 72.8 Å². The molecule has 3 aromatic heterocycles. The zero-order valence-corrected chi connectivity index (χ0v) is 38.2. The molecule has 0 aliphatic carbocycles. The van der Waals surface area contributed by atoms with Gasteiger partial charge in [-0.25, -0.2) is 0 Å². The molecule has 3 heterocycles. The molecule has 7 rings (SSSR count). The number of rotatable bonds is 18. The molecule has 0 saturated carbocycles. The highest BCUT2D eigenvalue weighted by atomic mass is 32.2. The van der Waals surface area contributed by atoms with Crippen molar-refractivity contribution in [3.8, 4) is 125 Å². The minimum Gasteiger partial charge on any atom is -0.382 e. The van der Waals surface area contributed by atoms with E-state index in [0.717, 1.165) is 0 Å². The second-order valence-electron chi connectivity index (χ2n) is 14.5. The van der Waals surface area contributed by atoms with Gasteiger partial charge in [0.25, 0.3) is 0 Å². The number of hydrogen-bond donors (Lipinski definition) is 0. The summed E-state index contributed by atoms with van der Waals surface area (Å²) in [6.07, 6.45) is 37.4. The molecule has 0 aliphatic rings. The first-order chi connectivity index (χ1) is 33.0. The van der Waals surface area contributed by atoms with Gasteiger partial charge in [-0.1, -0.05) is 51.2 Å². The van der Waals surface area contributed by atoms with Crippen LogP contribution in [0.25, 0.3) is 33.8 Å². The number of hydrogen-bond acceptors (Lipinski definition) is 15. The van der Waals surface area contributed by atoms with Crippen molar-refractivity contribution in [2.45, 2.75) is 19.6 Å². The molecule has 0 N–H and O–H groups in total. The summed E-state index contributed by atoms with van der Waals surface area (Å²) in [4.78, 5) is 0. The molecule has 4 aromatic carbocycles. The molecular weight excluding hydrogens is 943 g/mol. The van der Waals surface area contributed by atoms with Gasteiger partial charge in [0, 0.05) is 50.1 Å². The van der Waals surface area contributed by atoms with Crippen LogP contribution < -0.4 is 12.5 Å². The lowest BCUT2D eigenvalue weighted by Gasteiger charge is -2.08. The molecule has 0 bridgehead atoms. The molecule has 18 nitrogen and oxygen atoms in total. The summed E-state index contributed by atoms with van der Waals surface area (Å²) in [6.45, 7) is -0.496. The molecule has 0 amide bonds. The zero-order chi connectivity index (χ0) is 49.3. The first kappa shape index (κ1) is 47.9. The minimum absolute atomic E-state index is 0.0445. The van der Waals surface area contributed by atoms with Crippen LogP contribution in [0.4, 0.5) is 0 Å². The third-order valence-corrected chi connectivity index (χ3v) is 12.9. The zero-order valence-electron chi connectivity index (χ0n) is 35.8. The van der Waals surface area contributed by atoms with Crippen LogP contribution in [-0.4, -0.2) is 87.5 Å². The summed E-state index contributed by atoms with van der Waals surface area (Å²) in [5, 5.41) is 25.2. The Morgan fingerprint density at radius 1 is 0.377 bits per heavy atom. The highest BCUT2D eigenvalue weighted by molar-refractivity contribution is 7.87. The van der Waals surface area contributed by atoms with Crippen LogP contribution in [-0.2, 0) is 50.0 Å². The van der Waals surface area contributed by atoms with Crippen molar-refractivity contribution in [1.82, 2.24) is 45.0 Å². The van der Waals surface area contributed by atoms with Gasteiger partial charge in [0.15, 0.2) is 0 Å². The predicted molar refractivity (Wildman–Crippen MR) is 254 cm³/mol. The van der Waals surface area contributed by atoms with E-state index >= 15 is 0 Å². The second kappa shape index (κ2) is 20.2. The fourth-order valence-electron chi connectivity index (χ4n) is 6.31. The van der Waals surface area contributed by atoms with Crippen LogP contribution in [0, 0.1) is 74.1 Å². The van der Waals surface area contributed by atoms with E-state index in [0.29, 0.717) is 67.2 Å². The average molecular weight is 976 g/mol. The maximum absolute atomic E-state index is 13.0. The van der Waals surface area contributed by atoms with Crippen molar-refractivity contribution in [2.24, 2.45) is 0 Å². The highest BCUT2D eigenvalue weighted by Gasteiger charge is 2.20. The summed E-state index contributed by atoms with van der Waals surface area (Å²) >= 11 is 0. The normalized spacial score (nSPS) is 11.2. The second-order valence-corrected chi connectivity index (χ2v) is 19.6. The van der Waals surface area contributed by atoms with Crippen LogP contribution in [0.5, 0.6) is 17.2 Å². The van der Waals surface area contributed by atoms with Gasteiger partial charge in [0.1, 0.15) is 51.6 Å². The lowest BCUT2D eigenvalue weighted by Crippen LogP contribution is -2.18. The Balaban J connectivity index is 1.12. The average Bonchev–Trinajstić information content (AvgIpc) is 4.14. The Morgan fingerprint density at radius 3 is 0.826 bits per heavy atom. The minimum atomic E-state index is -4.17. The molecule has 7 aromatic rings.